The molecule has 1 atom stereocenters. The zero-order valence-corrected chi connectivity index (χ0v) is 9.82. The SMILES string of the molecule is CNCc1nc(C)ccc1OC1CCOC1. The summed E-state index contributed by atoms with van der Waals surface area (Å²) in [4.78, 5) is 4.48. The molecule has 0 spiro atoms. The van der Waals surface area contributed by atoms with E-state index in [-0.39, 0.29) is 6.10 Å². The van der Waals surface area contributed by atoms with E-state index in [4.69, 9.17) is 9.47 Å². The van der Waals surface area contributed by atoms with Crippen molar-refractivity contribution < 1.29 is 9.47 Å². The highest BCUT2D eigenvalue weighted by Crippen LogP contribution is 2.21. The second-order valence-corrected chi connectivity index (χ2v) is 4.03. The maximum Gasteiger partial charge on any atom is 0.142 e. The van der Waals surface area contributed by atoms with Gasteiger partial charge in [-0.2, -0.15) is 0 Å². The highest BCUT2D eigenvalue weighted by Gasteiger charge is 2.18. The molecule has 1 aromatic rings. The van der Waals surface area contributed by atoms with Crippen molar-refractivity contribution >= 4 is 0 Å². The summed E-state index contributed by atoms with van der Waals surface area (Å²) in [5, 5.41) is 3.10. The Labute approximate surface area is 96.0 Å². The van der Waals surface area contributed by atoms with Gasteiger partial charge in [-0.1, -0.05) is 0 Å². The summed E-state index contributed by atoms with van der Waals surface area (Å²) in [6.07, 6.45) is 1.15. The number of aromatic nitrogens is 1. The highest BCUT2D eigenvalue weighted by atomic mass is 16.5. The third-order valence-electron chi connectivity index (χ3n) is 2.60. The van der Waals surface area contributed by atoms with Crippen molar-refractivity contribution in [2.75, 3.05) is 20.3 Å². The van der Waals surface area contributed by atoms with E-state index in [9.17, 15) is 0 Å². The lowest BCUT2D eigenvalue weighted by Gasteiger charge is -2.15. The third-order valence-corrected chi connectivity index (χ3v) is 2.60. The lowest BCUT2D eigenvalue weighted by Crippen LogP contribution is -2.18. The minimum Gasteiger partial charge on any atom is -0.486 e. The van der Waals surface area contributed by atoms with Crippen LogP contribution in [0, 0.1) is 6.92 Å². The summed E-state index contributed by atoms with van der Waals surface area (Å²) >= 11 is 0. The number of aryl methyl sites for hydroxylation is 1. The average molecular weight is 222 g/mol. The summed E-state index contributed by atoms with van der Waals surface area (Å²) in [7, 11) is 1.91. The summed E-state index contributed by atoms with van der Waals surface area (Å²) < 4.78 is 11.2. The normalized spacial score (nSPS) is 20.0. The quantitative estimate of drug-likeness (QED) is 0.833. The molecule has 16 heavy (non-hydrogen) atoms. The van der Waals surface area contributed by atoms with Crippen LogP contribution in [0.5, 0.6) is 5.75 Å². The zero-order chi connectivity index (χ0) is 11.4. The lowest BCUT2D eigenvalue weighted by molar-refractivity contribution is 0.140. The average Bonchev–Trinajstić information content (AvgIpc) is 2.75. The number of rotatable bonds is 4. The smallest absolute Gasteiger partial charge is 0.142 e. The summed E-state index contributed by atoms with van der Waals surface area (Å²) in [5.74, 6) is 0.871. The van der Waals surface area contributed by atoms with Crippen molar-refractivity contribution in [1.29, 1.82) is 0 Å². The van der Waals surface area contributed by atoms with Gasteiger partial charge in [-0.15, -0.1) is 0 Å². The maximum atomic E-state index is 5.89. The summed E-state index contributed by atoms with van der Waals surface area (Å²) in [5.41, 5.74) is 1.98. The van der Waals surface area contributed by atoms with Crippen LogP contribution in [-0.4, -0.2) is 31.3 Å². The molecule has 1 aromatic heterocycles. The van der Waals surface area contributed by atoms with E-state index >= 15 is 0 Å². The summed E-state index contributed by atoms with van der Waals surface area (Å²) in [6.45, 7) is 4.20. The van der Waals surface area contributed by atoms with Crippen LogP contribution in [0.4, 0.5) is 0 Å². The summed E-state index contributed by atoms with van der Waals surface area (Å²) in [6, 6.07) is 3.97. The van der Waals surface area contributed by atoms with Gasteiger partial charge in [0.05, 0.1) is 18.9 Å². The molecule has 0 radical (unpaired) electrons. The maximum absolute atomic E-state index is 5.89. The highest BCUT2D eigenvalue weighted by molar-refractivity contribution is 5.29. The Bertz CT molecular complexity index is 349. The molecule has 0 saturated carbocycles. The molecular weight excluding hydrogens is 204 g/mol. The van der Waals surface area contributed by atoms with Gasteiger partial charge in [0, 0.05) is 18.7 Å². The van der Waals surface area contributed by atoms with Gasteiger partial charge in [-0.05, 0) is 26.1 Å². The van der Waals surface area contributed by atoms with Gasteiger partial charge in [0.2, 0.25) is 0 Å². The molecule has 1 fully saturated rings. The van der Waals surface area contributed by atoms with Gasteiger partial charge in [0.1, 0.15) is 11.9 Å². The second-order valence-electron chi connectivity index (χ2n) is 4.03. The Balaban J connectivity index is 2.11. The molecule has 1 unspecified atom stereocenters. The molecule has 1 saturated heterocycles. The number of pyridine rings is 1. The fourth-order valence-corrected chi connectivity index (χ4v) is 1.78. The Morgan fingerprint density at radius 1 is 1.56 bits per heavy atom. The van der Waals surface area contributed by atoms with Gasteiger partial charge in [-0.3, -0.25) is 4.98 Å². The largest absolute Gasteiger partial charge is 0.486 e. The number of hydrogen-bond donors (Lipinski definition) is 1. The van der Waals surface area contributed by atoms with Crippen LogP contribution < -0.4 is 10.1 Å². The molecule has 88 valence electrons. The molecule has 2 heterocycles. The van der Waals surface area contributed by atoms with Crippen LogP contribution in [0.3, 0.4) is 0 Å². The van der Waals surface area contributed by atoms with Crippen molar-refractivity contribution in [3.63, 3.8) is 0 Å². The van der Waals surface area contributed by atoms with Gasteiger partial charge in [0.25, 0.3) is 0 Å². The first kappa shape index (κ1) is 11.4. The van der Waals surface area contributed by atoms with E-state index in [1.807, 2.05) is 26.1 Å². The molecule has 0 bridgehead atoms. The standard InChI is InChI=1S/C12H18N2O2/c1-9-3-4-12(11(14-9)7-13-2)16-10-5-6-15-8-10/h3-4,10,13H,5-8H2,1-2H3. The van der Waals surface area contributed by atoms with Crippen LogP contribution in [0.15, 0.2) is 12.1 Å². The Hall–Kier alpha value is -1.13. The predicted molar refractivity (Wildman–Crippen MR) is 61.6 cm³/mol. The van der Waals surface area contributed by atoms with E-state index in [2.05, 4.69) is 10.3 Å². The first-order valence-electron chi connectivity index (χ1n) is 5.65. The molecule has 0 aromatic carbocycles. The van der Waals surface area contributed by atoms with Gasteiger partial charge in [0.15, 0.2) is 0 Å². The number of nitrogens with one attached hydrogen (secondary N) is 1. The Morgan fingerprint density at radius 2 is 2.44 bits per heavy atom. The van der Waals surface area contributed by atoms with Gasteiger partial charge >= 0.3 is 0 Å². The first-order chi connectivity index (χ1) is 7.79. The lowest BCUT2D eigenvalue weighted by atomic mass is 10.2. The van der Waals surface area contributed by atoms with Crippen molar-refractivity contribution in [3.8, 4) is 5.75 Å². The molecule has 4 heteroatoms. The van der Waals surface area contributed by atoms with E-state index < -0.39 is 0 Å². The molecule has 0 aliphatic carbocycles. The van der Waals surface area contributed by atoms with E-state index in [0.717, 1.165) is 36.7 Å². The first-order valence-corrected chi connectivity index (χ1v) is 5.65. The zero-order valence-electron chi connectivity index (χ0n) is 9.82. The minimum absolute atomic E-state index is 0.181. The number of ether oxygens (including phenoxy) is 2. The van der Waals surface area contributed by atoms with Crippen LogP contribution in [0.1, 0.15) is 17.8 Å². The van der Waals surface area contributed by atoms with Crippen LogP contribution in [-0.2, 0) is 11.3 Å². The number of hydrogen-bond acceptors (Lipinski definition) is 4. The van der Waals surface area contributed by atoms with Gasteiger partial charge in [-0.25, -0.2) is 0 Å². The Morgan fingerprint density at radius 3 is 3.12 bits per heavy atom. The predicted octanol–water partition coefficient (Wildman–Crippen LogP) is 1.28. The fraction of sp³-hybridized carbons (Fsp3) is 0.583. The van der Waals surface area contributed by atoms with E-state index in [1.54, 1.807) is 0 Å². The van der Waals surface area contributed by atoms with E-state index in [1.165, 1.54) is 0 Å². The molecule has 4 nitrogen and oxygen atoms in total. The van der Waals surface area contributed by atoms with E-state index in [0.29, 0.717) is 6.61 Å². The fourth-order valence-electron chi connectivity index (χ4n) is 1.78. The molecule has 1 aliphatic rings. The molecule has 2 rings (SSSR count). The van der Waals surface area contributed by atoms with Crippen LogP contribution in [0.2, 0.25) is 0 Å². The monoisotopic (exact) mass is 222 g/mol. The second kappa shape index (κ2) is 5.27. The van der Waals surface area contributed by atoms with Crippen LogP contribution >= 0.6 is 0 Å². The third kappa shape index (κ3) is 2.71. The molecule has 1 N–H and O–H groups in total. The Kier molecular flexibility index (Phi) is 3.74. The molecular formula is C12H18N2O2. The molecule has 1 aliphatic heterocycles. The van der Waals surface area contributed by atoms with Crippen molar-refractivity contribution in [2.24, 2.45) is 0 Å². The van der Waals surface area contributed by atoms with Crippen molar-refractivity contribution in [3.05, 3.63) is 23.5 Å². The van der Waals surface area contributed by atoms with Crippen molar-refractivity contribution in [2.45, 2.75) is 26.0 Å². The molecule has 0 amide bonds. The topological polar surface area (TPSA) is 43.4 Å². The van der Waals surface area contributed by atoms with Gasteiger partial charge < -0.3 is 14.8 Å². The van der Waals surface area contributed by atoms with Crippen molar-refractivity contribution in [1.82, 2.24) is 10.3 Å². The minimum atomic E-state index is 0.181. The number of nitrogens with zero attached hydrogens (tertiary/aromatic N) is 1. The van der Waals surface area contributed by atoms with Crippen LogP contribution in [0.25, 0.3) is 0 Å².